The van der Waals surface area contributed by atoms with Crippen LogP contribution in [0.15, 0.2) is 45.7 Å². The molecule has 2 N–H and O–H groups in total. The molecule has 0 saturated carbocycles. The molecule has 3 aromatic rings. The van der Waals surface area contributed by atoms with Gasteiger partial charge in [0.25, 0.3) is 0 Å². The fraction of sp³-hybridized carbons (Fsp3) is 0. The van der Waals surface area contributed by atoms with E-state index in [2.05, 4.69) is 20.9 Å². The van der Waals surface area contributed by atoms with Gasteiger partial charge in [0.2, 0.25) is 0 Å². The zero-order valence-corrected chi connectivity index (χ0v) is 11.2. The molecular formula is C14H8BrNO3. The lowest BCUT2D eigenvalue weighted by Gasteiger charge is -2.07. The summed E-state index contributed by atoms with van der Waals surface area (Å²) in [6.07, 6.45) is 0. The predicted molar refractivity (Wildman–Crippen MR) is 76.7 cm³/mol. The van der Waals surface area contributed by atoms with Crippen molar-refractivity contribution in [2.24, 2.45) is 0 Å². The Balaban J connectivity index is 2.60. The minimum atomic E-state index is -1.15. The number of aromatic nitrogens is 1. The van der Waals surface area contributed by atoms with Crippen LogP contribution in [-0.4, -0.2) is 16.1 Å². The number of fused-ring (bicyclic) bond motifs is 3. The number of nitrogens with one attached hydrogen (secondary N) is 1. The molecule has 5 heteroatoms. The summed E-state index contributed by atoms with van der Waals surface area (Å²) < 4.78 is 0.809. The van der Waals surface area contributed by atoms with Gasteiger partial charge in [-0.1, -0.05) is 40.2 Å². The highest BCUT2D eigenvalue weighted by molar-refractivity contribution is 9.10. The molecule has 0 fully saturated rings. The van der Waals surface area contributed by atoms with Gasteiger partial charge in [0.05, 0.1) is 5.52 Å². The van der Waals surface area contributed by atoms with Crippen molar-refractivity contribution in [1.82, 2.24) is 4.98 Å². The second kappa shape index (κ2) is 4.20. The lowest BCUT2D eigenvalue weighted by molar-refractivity contribution is 0.0691. The molecule has 0 amide bonds. The van der Waals surface area contributed by atoms with Crippen molar-refractivity contribution in [2.45, 2.75) is 0 Å². The van der Waals surface area contributed by atoms with Crippen molar-refractivity contribution in [1.29, 1.82) is 0 Å². The smallest absolute Gasteiger partial charge is 0.352 e. The molecular weight excluding hydrogens is 310 g/mol. The molecule has 4 nitrogen and oxygen atoms in total. The molecule has 0 bridgehead atoms. The van der Waals surface area contributed by atoms with Gasteiger partial charge < -0.3 is 10.1 Å². The van der Waals surface area contributed by atoms with Crippen LogP contribution < -0.4 is 5.43 Å². The van der Waals surface area contributed by atoms with Gasteiger partial charge in [-0.05, 0) is 11.5 Å². The molecule has 1 aromatic heterocycles. The zero-order valence-electron chi connectivity index (χ0n) is 9.61. The number of pyridine rings is 1. The number of benzene rings is 2. The van der Waals surface area contributed by atoms with Crippen LogP contribution in [0.1, 0.15) is 10.5 Å². The Hall–Kier alpha value is -2.14. The van der Waals surface area contributed by atoms with Crippen molar-refractivity contribution >= 4 is 43.6 Å². The highest BCUT2D eigenvalue weighted by Crippen LogP contribution is 2.29. The third-order valence-electron chi connectivity index (χ3n) is 3.03. The van der Waals surface area contributed by atoms with Gasteiger partial charge in [0, 0.05) is 21.3 Å². The van der Waals surface area contributed by atoms with E-state index < -0.39 is 5.97 Å². The summed E-state index contributed by atoms with van der Waals surface area (Å²) in [6, 6.07) is 10.3. The molecule has 94 valence electrons. The lowest BCUT2D eigenvalue weighted by atomic mass is 10.1. The zero-order chi connectivity index (χ0) is 13.6. The lowest BCUT2D eigenvalue weighted by Crippen LogP contribution is -2.09. The van der Waals surface area contributed by atoms with Crippen molar-refractivity contribution < 1.29 is 9.90 Å². The molecule has 0 aliphatic heterocycles. The Morgan fingerprint density at radius 2 is 1.79 bits per heavy atom. The molecule has 3 rings (SSSR count). The Morgan fingerprint density at radius 3 is 2.47 bits per heavy atom. The number of carboxylic acids is 1. The van der Waals surface area contributed by atoms with E-state index in [0.29, 0.717) is 10.9 Å². The number of hydrogen-bond acceptors (Lipinski definition) is 2. The van der Waals surface area contributed by atoms with Crippen LogP contribution in [0, 0.1) is 0 Å². The van der Waals surface area contributed by atoms with Gasteiger partial charge in [-0.25, -0.2) is 4.79 Å². The van der Waals surface area contributed by atoms with Crippen LogP contribution in [0.2, 0.25) is 0 Å². The molecule has 0 unspecified atom stereocenters. The number of H-pyrrole nitrogens is 1. The minimum Gasteiger partial charge on any atom is -0.477 e. The molecule has 0 aliphatic rings. The monoisotopic (exact) mass is 317 g/mol. The van der Waals surface area contributed by atoms with E-state index in [0.717, 1.165) is 21.3 Å². The van der Waals surface area contributed by atoms with Crippen molar-refractivity contribution in [3.8, 4) is 0 Å². The standard InChI is InChI=1S/C14H8BrNO3/c15-10-5-9-12(17)6-11(14(18)19)16-13(9)8-4-2-1-3-7(8)10/h1-6H,(H,16,17)(H,18,19). The largest absolute Gasteiger partial charge is 0.477 e. The average Bonchev–Trinajstić information content (AvgIpc) is 2.40. The third-order valence-corrected chi connectivity index (χ3v) is 3.68. The number of rotatable bonds is 1. The van der Waals surface area contributed by atoms with E-state index in [9.17, 15) is 9.59 Å². The Labute approximate surface area is 115 Å². The number of carbonyl (C=O) groups is 1. The first-order chi connectivity index (χ1) is 9.08. The molecule has 2 aromatic carbocycles. The number of aromatic amines is 1. The highest BCUT2D eigenvalue weighted by Gasteiger charge is 2.11. The fourth-order valence-corrected chi connectivity index (χ4v) is 2.73. The minimum absolute atomic E-state index is 0.107. The van der Waals surface area contributed by atoms with Gasteiger partial charge in [-0.2, -0.15) is 0 Å². The summed E-state index contributed by atoms with van der Waals surface area (Å²) in [5.74, 6) is -1.15. The van der Waals surface area contributed by atoms with Crippen LogP contribution >= 0.6 is 15.9 Å². The summed E-state index contributed by atoms with van der Waals surface area (Å²) in [5, 5.41) is 11.2. The van der Waals surface area contributed by atoms with Crippen LogP contribution in [0.25, 0.3) is 21.7 Å². The van der Waals surface area contributed by atoms with Crippen molar-refractivity contribution in [3.05, 3.63) is 56.8 Å². The molecule has 0 saturated heterocycles. The van der Waals surface area contributed by atoms with Gasteiger partial charge in [0.1, 0.15) is 5.69 Å². The maximum absolute atomic E-state index is 12.0. The first kappa shape index (κ1) is 11.9. The van der Waals surface area contributed by atoms with E-state index in [4.69, 9.17) is 5.11 Å². The molecule has 0 atom stereocenters. The second-order valence-electron chi connectivity index (χ2n) is 4.18. The third kappa shape index (κ3) is 1.82. The van der Waals surface area contributed by atoms with E-state index in [-0.39, 0.29) is 11.1 Å². The number of carboxylic acid groups (broad SMARTS) is 1. The van der Waals surface area contributed by atoms with Crippen molar-refractivity contribution in [3.63, 3.8) is 0 Å². The van der Waals surface area contributed by atoms with Crippen LogP contribution in [-0.2, 0) is 0 Å². The van der Waals surface area contributed by atoms with E-state index in [1.165, 1.54) is 0 Å². The Morgan fingerprint density at radius 1 is 1.11 bits per heavy atom. The van der Waals surface area contributed by atoms with Gasteiger partial charge in [0.15, 0.2) is 5.43 Å². The Kier molecular flexibility index (Phi) is 2.64. The number of hydrogen-bond donors (Lipinski definition) is 2. The van der Waals surface area contributed by atoms with Crippen LogP contribution in [0.4, 0.5) is 0 Å². The van der Waals surface area contributed by atoms with E-state index in [1.807, 2.05) is 24.3 Å². The molecule has 19 heavy (non-hydrogen) atoms. The summed E-state index contributed by atoms with van der Waals surface area (Å²) >= 11 is 3.43. The van der Waals surface area contributed by atoms with Gasteiger partial charge in [-0.15, -0.1) is 0 Å². The molecule has 0 radical (unpaired) electrons. The van der Waals surface area contributed by atoms with Crippen molar-refractivity contribution in [2.75, 3.05) is 0 Å². The first-order valence-electron chi connectivity index (χ1n) is 5.55. The van der Waals surface area contributed by atoms with E-state index >= 15 is 0 Å². The number of halogens is 1. The average molecular weight is 318 g/mol. The number of aromatic carboxylic acids is 1. The molecule has 1 heterocycles. The fourth-order valence-electron chi connectivity index (χ4n) is 2.15. The highest BCUT2D eigenvalue weighted by atomic mass is 79.9. The summed E-state index contributed by atoms with van der Waals surface area (Å²) in [4.78, 5) is 25.8. The Bertz CT molecular complexity index is 883. The van der Waals surface area contributed by atoms with Gasteiger partial charge in [-0.3, -0.25) is 4.79 Å². The maximum Gasteiger partial charge on any atom is 0.352 e. The predicted octanol–water partition coefficient (Wildman–Crippen LogP) is 3.14. The quantitative estimate of drug-likeness (QED) is 0.677. The van der Waals surface area contributed by atoms with Gasteiger partial charge >= 0.3 is 5.97 Å². The SMILES string of the molecule is O=C(O)c1cc(=O)c2cc(Br)c3ccccc3c2[nH]1. The second-order valence-corrected chi connectivity index (χ2v) is 5.03. The summed E-state index contributed by atoms with van der Waals surface area (Å²) in [7, 11) is 0. The maximum atomic E-state index is 12.0. The molecule has 0 spiro atoms. The summed E-state index contributed by atoms with van der Waals surface area (Å²) in [6.45, 7) is 0. The van der Waals surface area contributed by atoms with Crippen LogP contribution in [0.3, 0.4) is 0 Å². The topological polar surface area (TPSA) is 70.2 Å². The van der Waals surface area contributed by atoms with Crippen LogP contribution in [0.5, 0.6) is 0 Å². The normalized spacial score (nSPS) is 11.0. The summed E-state index contributed by atoms with van der Waals surface area (Å²) in [5.41, 5.74) is 0.131. The van der Waals surface area contributed by atoms with E-state index in [1.54, 1.807) is 6.07 Å². The first-order valence-corrected chi connectivity index (χ1v) is 6.35. The molecule has 0 aliphatic carbocycles.